The minimum absolute atomic E-state index is 0.847. The number of thiophene rings is 1. The summed E-state index contributed by atoms with van der Waals surface area (Å²) in [4.78, 5) is 7.98. The Morgan fingerprint density at radius 3 is 2.85 bits per heavy atom. The minimum atomic E-state index is 0.847. The first-order valence-corrected chi connectivity index (χ1v) is 7.99. The van der Waals surface area contributed by atoms with Crippen LogP contribution in [0.5, 0.6) is 0 Å². The molecule has 0 aromatic carbocycles. The summed E-state index contributed by atoms with van der Waals surface area (Å²) in [6, 6.07) is 8.15. The van der Waals surface area contributed by atoms with E-state index in [0.717, 1.165) is 36.2 Å². The Bertz CT molecular complexity index is 541. The summed E-state index contributed by atoms with van der Waals surface area (Å²) in [5, 5.41) is 3.38. The van der Waals surface area contributed by atoms with Crippen molar-refractivity contribution < 1.29 is 0 Å². The number of rotatable bonds is 7. The lowest BCUT2D eigenvalue weighted by Gasteiger charge is -2.18. The van der Waals surface area contributed by atoms with Crippen molar-refractivity contribution in [1.29, 1.82) is 0 Å². The zero-order chi connectivity index (χ0) is 14.4. The van der Waals surface area contributed by atoms with Crippen LogP contribution in [0.2, 0.25) is 4.34 Å². The topological polar surface area (TPSA) is 28.2 Å². The van der Waals surface area contributed by atoms with Crippen molar-refractivity contribution in [2.45, 2.75) is 26.4 Å². The van der Waals surface area contributed by atoms with Crippen LogP contribution in [0.1, 0.15) is 23.8 Å². The van der Waals surface area contributed by atoms with Crippen molar-refractivity contribution in [3.63, 3.8) is 0 Å². The van der Waals surface area contributed by atoms with Gasteiger partial charge in [-0.15, -0.1) is 11.3 Å². The van der Waals surface area contributed by atoms with E-state index in [2.05, 4.69) is 41.3 Å². The zero-order valence-electron chi connectivity index (χ0n) is 11.9. The number of pyridine rings is 1. The fraction of sp³-hybridized carbons (Fsp3) is 0.400. The Morgan fingerprint density at radius 1 is 1.30 bits per heavy atom. The van der Waals surface area contributed by atoms with Gasteiger partial charge in [-0.25, -0.2) is 4.98 Å². The van der Waals surface area contributed by atoms with Crippen molar-refractivity contribution >= 4 is 28.8 Å². The first-order chi connectivity index (χ1) is 9.69. The van der Waals surface area contributed by atoms with E-state index >= 15 is 0 Å². The van der Waals surface area contributed by atoms with Gasteiger partial charge < -0.3 is 5.32 Å². The second-order valence-corrected chi connectivity index (χ2v) is 6.62. The van der Waals surface area contributed by atoms with E-state index in [1.807, 2.05) is 18.3 Å². The molecule has 0 bridgehead atoms. The number of hydrogen-bond donors (Lipinski definition) is 1. The van der Waals surface area contributed by atoms with E-state index in [-0.39, 0.29) is 0 Å². The first kappa shape index (κ1) is 15.3. The van der Waals surface area contributed by atoms with Gasteiger partial charge in [-0.05, 0) is 31.7 Å². The fourth-order valence-corrected chi connectivity index (χ4v) is 3.19. The molecule has 0 saturated carbocycles. The van der Waals surface area contributed by atoms with Gasteiger partial charge in [-0.3, -0.25) is 4.90 Å². The van der Waals surface area contributed by atoms with Crippen molar-refractivity contribution in [2.24, 2.45) is 0 Å². The quantitative estimate of drug-likeness (QED) is 0.828. The lowest BCUT2D eigenvalue weighted by atomic mass is 10.2. The molecule has 0 fully saturated rings. The Kier molecular flexibility index (Phi) is 5.83. The van der Waals surface area contributed by atoms with E-state index in [1.54, 1.807) is 11.3 Å². The highest BCUT2D eigenvalue weighted by atomic mass is 35.5. The van der Waals surface area contributed by atoms with Crippen LogP contribution in [0.3, 0.4) is 0 Å². The predicted octanol–water partition coefficient (Wildman–Crippen LogP) is 4.25. The van der Waals surface area contributed by atoms with E-state index in [4.69, 9.17) is 11.6 Å². The van der Waals surface area contributed by atoms with Crippen molar-refractivity contribution in [2.75, 3.05) is 18.9 Å². The number of hydrogen-bond acceptors (Lipinski definition) is 4. The van der Waals surface area contributed by atoms with Gasteiger partial charge in [-0.1, -0.05) is 24.6 Å². The first-order valence-electron chi connectivity index (χ1n) is 6.79. The van der Waals surface area contributed by atoms with Gasteiger partial charge in [0.05, 0.1) is 4.34 Å². The summed E-state index contributed by atoms with van der Waals surface area (Å²) in [5.74, 6) is 0.991. The maximum atomic E-state index is 5.97. The molecule has 0 aliphatic rings. The predicted molar refractivity (Wildman–Crippen MR) is 87.5 cm³/mol. The molecular weight excluding hydrogens is 290 g/mol. The third-order valence-corrected chi connectivity index (χ3v) is 4.14. The van der Waals surface area contributed by atoms with Gasteiger partial charge in [-0.2, -0.15) is 0 Å². The molecule has 20 heavy (non-hydrogen) atoms. The lowest BCUT2D eigenvalue weighted by molar-refractivity contribution is 0.322. The molecule has 0 atom stereocenters. The Balaban J connectivity index is 1.98. The molecule has 1 N–H and O–H groups in total. The van der Waals surface area contributed by atoms with E-state index < -0.39 is 0 Å². The summed E-state index contributed by atoms with van der Waals surface area (Å²) in [6.07, 6.45) is 2.93. The zero-order valence-corrected chi connectivity index (χ0v) is 13.5. The summed E-state index contributed by atoms with van der Waals surface area (Å²) in [5.41, 5.74) is 1.23. The highest BCUT2D eigenvalue weighted by molar-refractivity contribution is 7.16. The molecule has 0 radical (unpaired) electrons. The lowest BCUT2D eigenvalue weighted by Crippen LogP contribution is -2.18. The molecule has 0 aliphatic heterocycles. The molecule has 5 heteroatoms. The second-order valence-electron chi connectivity index (χ2n) is 4.82. The van der Waals surface area contributed by atoms with Crippen LogP contribution in [0, 0.1) is 0 Å². The number of nitrogens with zero attached hydrogens (tertiary/aromatic N) is 2. The Morgan fingerprint density at radius 2 is 2.15 bits per heavy atom. The largest absolute Gasteiger partial charge is 0.370 e. The standard InChI is InChI=1S/C15H20ClN3S/c1-3-8-17-15-12(5-4-9-18-15)10-19(2)11-13-6-7-14(16)20-13/h4-7,9H,3,8,10-11H2,1-2H3,(H,17,18). The third kappa shape index (κ3) is 4.47. The molecule has 0 saturated heterocycles. The number of anilines is 1. The molecule has 0 unspecified atom stereocenters. The van der Waals surface area contributed by atoms with Crippen LogP contribution in [-0.2, 0) is 13.1 Å². The smallest absolute Gasteiger partial charge is 0.130 e. The van der Waals surface area contributed by atoms with Gasteiger partial charge in [0, 0.05) is 36.3 Å². The average Bonchev–Trinajstić information content (AvgIpc) is 2.83. The summed E-state index contributed by atoms with van der Waals surface area (Å²) >= 11 is 7.60. The van der Waals surface area contributed by atoms with Crippen LogP contribution in [0.25, 0.3) is 0 Å². The van der Waals surface area contributed by atoms with Gasteiger partial charge in [0.1, 0.15) is 5.82 Å². The van der Waals surface area contributed by atoms with Crippen LogP contribution in [-0.4, -0.2) is 23.5 Å². The molecule has 0 amide bonds. The number of halogens is 1. The normalized spacial score (nSPS) is 11.0. The van der Waals surface area contributed by atoms with Crippen LogP contribution >= 0.6 is 22.9 Å². The highest BCUT2D eigenvalue weighted by Crippen LogP contribution is 2.23. The maximum Gasteiger partial charge on any atom is 0.130 e. The minimum Gasteiger partial charge on any atom is -0.370 e. The molecule has 0 spiro atoms. The van der Waals surface area contributed by atoms with E-state index in [9.17, 15) is 0 Å². The van der Waals surface area contributed by atoms with Crippen LogP contribution in [0.15, 0.2) is 30.5 Å². The average molecular weight is 310 g/mol. The Labute approximate surface area is 129 Å². The summed E-state index contributed by atoms with van der Waals surface area (Å²) < 4.78 is 0.847. The van der Waals surface area contributed by atoms with Gasteiger partial charge in [0.2, 0.25) is 0 Å². The molecule has 0 aliphatic carbocycles. The number of nitrogens with one attached hydrogen (secondary N) is 1. The van der Waals surface area contributed by atoms with Crippen molar-refractivity contribution in [3.05, 3.63) is 45.2 Å². The van der Waals surface area contributed by atoms with Gasteiger partial charge in [0.15, 0.2) is 0 Å². The molecule has 108 valence electrons. The fourth-order valence-electron chi connectivity index (χ4n) is 2.02. The summed E-state index contributed by atoms with van der Waals surface area (Å²) in [7, 11) is 2.12. The molecule has 2 aromatic rings. The van der Waals surface area contributed by atoms with Crippen molar-refractivity contribution in [3.8, 4) is 0 Å². The van der Waals surface area contributed by atoms with Crippen molar-refractivity contribution in [1.82, 2.24) is 9.88 Å². The van der Waals surface area contributed by atoms with E-state index in [0.29, 0.717) is 0 Å². The summed E-state index contributed by atoms with van der Waals surface area (Å²) in [6.45, 7) is 4.88. The molecule has 2 heterocycles. The maximum absolute atomic E-state index is 5.97. The second kappa shape index (κ2) is 7.62. The monoisotopic (exact) mass is 309 g/mol. The van der Waals surface area contributed by atoms with Gasteiger partial charge in [0.25, 0.3) is 0 Å². The van der Waals surface area contributed by atoms with Gasteiger partial charge >= 0.3 is 0 Å². The van der Waals surface area contributed by atoms with Crippen LogP contribution < -0.4 is 5.32 Å². The highest BCUT2D eigenvalue weighted by Gasteiger charge is 2.08. The molecule has 3 nitrogen and oxygen atoms in total. The third-order valence-electron chi connectivity index (χ3n) is 2.93. The van der Waals surface area contributed by atoms with Crippen LogP contribution in [0.4, 0.5) is 5.82 Å². The SMILES string of the molecule is CCCNc1ncccc1CN(C)Cc1ccc(Cl)s1. The molecule has 2 rings (SSSR count). The molecule has 2 aromatic heterocycles. The Hall–Kier alpha value is -1.10. The number of aromatic nitrogens is 1. The molecular formula is C15H20ClN3S. The van der Waals surface area contributed by atoms with E-state index in [1.165, 1.54) is 10.4 Å².